The van der Waals surface area contributed by atoms with Crippen molar-refractivity contribution in [2.45, 2.75) is 39.7 Å². The van der Waals surface area contributed by atoms with Gasteiger partial charge in [0, 0.05) is 21.2 Å². The van der Waals surface area contributed by atoms with Crippen LogP contribution < -0.4 is 14.8 Å². The fraction of sp³-hybridized carbons (Fsp3) is 0.364. The number of fused-ring (bicyclic) bond motifs is 1. The molecule has 0 spiro atoms. The van der Waals surface area contributed by atoms with Crippen molar-refractivity contribution in [1.29, 1.82) is 0 Å². The molecule has 2 heterocycles. The highest BCUT2D eigenvalue weighted by atomic mass is 32.1. The normalized spacial score (nSPS) is 12.5. The molecule has 0 fully saturated rings. The monoisotopic (exact) mass is 397 g/mol. The number of anilines is 1. The lowest BCUT2D eigenvalue weighted by Crippen LogP contribution is -2.08. The molecule has 0 aliphatic carbocycles. The number of aromatic nitrogens is 2. The lowest BCUT2D eigenvalue weighted by molar-refractivity contribution is 0.356. The Labute approximate surface area is 170 Å². The van der Waals surface area contributed by atoms with Crippen LogP contribution >= 0.6 is 11.3 Å². The van der Waals surface area contributed by atoms with Crippen molar-refractivity contribution in [3.63, 3.8) is 0 Å². The molecule has 2 aromatic heterocycles. The molecule has 5 nitrogen and oxygen atoms in total. The lowest BCUT2D eigenvalue weighted by Gasteiger charge is -2.16. The summed E-state index contributed by atoms with van der Waals surface area (Å²) in [6.07, 6.45) is 6.71. The molecule has 1 atom stereocenters. The number of nitrogens with one attached hydrogen (secondary N) is 1. The highest BCUT2D eigenvalue weighted by molar-refractivity contribution is 7.13. The summed E-state index contributed by atoms with van der Waals surface area (Å²) in [4.78, 5) is 11.7. The van der Waals surface area contributed by atoms with E-state index in [1.165, 1.54) is 16.2 Å². The quantitative estimate of drug-likeness (QED) is 0.505. The van der Waals surface area contributed by atoms with Gasteiger partial charge in [-0.2, -0.15) is 0 Å². The van der Waals surface area contributed by atoms with Crippen molar-refractivity contribution >= 4 is 34.1 Å². The Balaban J connectivity index is 1.90. The van der Waals surface area contributed by atoms with Gasteiger partial charge in [-0.1, -0.05) is 19.4 Å². The van der Waals surface area contributed by atoms with Gasteiger partial charge in [0.2, 0.25) is 0 Å². The molecule has 3 rings (SSSR count). The van der Waals surface area contributed by atoms with E-state index in [0.717, 1.165) is 23.1 Å². The first kappa shape index (κ1) is 20.1. The number of aryl methyl sites for hydroxylation is 1. The van der Waals surface area contributed by atoms with Gasteiger partial charge in [-0.05, 0) is 44.5 Å². The van der Waals surface area contributed by atoms with Crippen LogP contribution in [0.25, 0.3) is 17.0 Å². The third-order valence-electron chi connectivity index (χ3n) is 4.48. The molecule has 0 aliphatic rings. The molecule has 1 N–H and O–H groups in total. The van der Waals surface area contributed by atoms with Crippen LogP contribution in [0.1, 0.15) is 48.3 Å². The molecule has 1 unspecified atom stereocenters. The van der Waals surface area contributed by atoms with Crippen molar-refractivity contribution < 1.29 is 9.47 Å². The highest BCUT2D eigenvalue weighted by Gasteiger charge is 2.15. The van der Waals surface area contributed by atoms with Gasteiger partial charge in [0.05, 0.1) is 25.8 Å². The fourth-order valence-electron chi connectivity index (χ4n) is 3.01. The summed E-state index contributed by atoms with van der Waals surface area (Å²) in [5.41, 5.74) is 0.828. The summed E-state index contributed by atoms with van der Waals surface area (Å²) < 4.78 is 10.9. The van der Waals surface area contributed by atoms with Crippen LogP contribution in [-0.4, -0.2) is 24.2 Å². The standard InChI is InChI=1S/C22H27N3O2S/c1-6-7-8-9-16-10-11-21(28-16)14(2)23-22-17-12-19(26-4)20(27-5)13-18(17)24-15(3)25-22/h8-14H,6-7H2,1-5H3,(H,23,24,25)/b9-8+. The Morgan fingerprint density at radius 2 is 1.89 bits per heavy atom. The minimum atomic E-state index is 0.129. The average molecular weight is 398 g/mol. The first-order chi connectivity index (χ1) is 13.5. The number of ether oxygens (including phenoxy) is 2. The third kappa shape index (κ3) is 4.44. The van der Waals surface area contributed by atoms with Gasteiger partial charge >= 0.3 is 0 Å². The average Bonchev–Trinajstić information content (AvgIpc) is 3.16. The van der Waals surface area contributed by atoms with Crippen molar-refractivity contribution in [2.75, 3.05) is 19.5 Å². The summed E-state index contributed by atoms with van der Waals surface area (Å²) >= 11 is 1.80. The lowest BCUT2D eigenvalue weighted by atomic mass is 10.2. The van der Waals surface area contributed by atoms with E-state index < -0.39 is 0 Å². The number of hydrogen-bond donors (Lipinski definition) is 1. The first-order valence-corrected chi connectivity index (χ1v) is 10.3. The van der Waals surface area contributed by atoms with Crippen molar-refractivity contribution in [3.8, 4) is 11.5 Å². The van der Waals surface area contributed by atoms with Crippen LogP contribution in [0.4, 0.5) is 5.82 Å². The minimum absolute atomic E-state index is 0.129. The second-order valence-electron chi connectivity index (χ2n) is 6.64. The van der Waals surface area contributed by atoms with E-state index in [1.807, 2.05) is 19.1 Å². The highest BCUT2D eigenvalue weighted by Crippen LogP contribution is 2.35. The Hall–Kier alpha value is -2.60. The Bertz CT molecular complexity index is 981. The third-order valence-corrected chi connectivity index (χ3v) is 5.71. The van der Waals surface area contributed by atoms with E-state index in [1.54, 1.807) is 25.6 Å². The van der Waals surface area contributed by atoms with Crippen LogP contribution in [0.15, 0.2) is 30.3 Å². The van der Waals surface area contributed by atoms with E-state index in [-0.39, 0.29) is 6.04 Å². The molecule has 0 saturated carbocycles. The van der Waals surface area contributed by atoms with Gasteiger partial charge in [0.1, 0.15) is 11.6 Å². The minimum Gasteiger partial charge on any atom is -0.493 e. The van der Waals surface area contributed by atoms with E-state index in [2.05, 4.69) is 53.4 Å². The Kier molecular flexibility index (Phi) is 6.52. The second kappa shape index (κ2) is 9.06. The molecule has 0 amide bonds. The van der Waals surface area contributed by atoms with Crippen molar-refractivity contribution in [3.05, 3.63) is 45.9 Å². The maximum atomic E-state index is 5.46. The molecule has 6 heteroatoms. The molecule has 0 bridgehead atoms. The second-order valence-corrected chi connectivity index (χ2v) is 7.79. The van der Waals surface area contributed by atoms with Crippen LogP contribution in [0, 0.1) is 6.92 Å². The van der Waals surface area contributed by atoms with Crippen molar-refractivity contribution in [1.82, 2.24) is 9.97 Å². The largest absolute Gasteiger partial charge is 0.493 e. The zero-order valence-electron chi connectivity index (χ0n) is 17.1. The van der Waals surface area contributed by atoms with Crippen LogP contribution in [0.5, 0.6) is 11.5 Å². The summed E-state index contributed by atoms with van der Waals surface area (Å²) in [5.74, 6) is 2.84. The zero-order valence-corrected chi connectivity index (χ0v) is 17.9. The molecular weight excluding hydrogens is 370 g/mol. The first-order valence-electron chi connectivity index (χ1n) is 9.48. The number of methoxy groups -OCH3 is 2. The van der Waals surface area contributed by atoms with Gasteiger partial charge in [0.15, 0.2) is 11.5 Å². The Morgan fingerprint density at radius 3 is 2.61 bits per heavy atom. The molecular formula is C22H27N3O2S. The number of unbranched alkanes of at least 4 members (excludes halogenated alkanes) is 1. The Morgan fingerprint density at radius 1 is 1.14 bits per heavy atom. The molecule has 28 heavy (non-hydrogen) atoms. The number of hydrogen-bond acceptors (Lipinski definition) is 6. The van der Waals surface area contributed by atoms with Crippen molar-refractivity contribution in [2.24, 2.45) is 0 Å². The maximum absolute atomic E-state index is 5.46. The predicted molar refractivity (Wildman–Crippen MR) is 118 cm³/mol. The molecule has 1 aromatic carbocycles. The molecule has 0 saturated heterocycles. The molecule has 0 aliphatic heterocycles. The maximum Gasteiger partial charge on any atom is 0.162 e. The fourth-order valence-corrected chi connectivity index (χ4v) is 3.96. The summed E-state index contributed by atoms with van der Waals surface area (Å²) in [6, 6.07) is 8.29. The summed E-state index contributed by atoms with van der Waals surface area (Å²) in [5, 5.41) is 4.46. The van der Waals surface area contributed by atoms with E-state index in [9.17, 15) is 0 Å². The summed E-state index contributed by atoms with van der Waals surface area (Å²) in [7, 11) is 3.26. The number of rotatable bonds is 8. The summed E-state index contributed by atoms with van der Waals surface area (Å²) in [6.45, 7) is 6.23. The van der Waals surface area contributed by atoms with E-state index in [4.69, 9.17) is 9.47 Å². The van der Waals surface area contributed by atoms with Gasteiger partial charge in [-0.3, -0.25) is 0 Å². The number of thiophene rings is 1. The molecule has 3 aromatic rings. The smallest absolute Gasteiger partial charge is 0.162 e. The zero-order chi connectivity index (χ0) is 20.1. The van der Waals surface area contributed by atoms with Gasteiger partial charge in [0.25, 0.3) is 0 Å². The predicted octanol–water partition coefficient (Wildman–Crippen LogP) is 6.00. The van der Waals surface area contributed by atoms with Crippen LogP contribution in [0.3, 0.4) is 0 Å². The van der Waals surface area contributed by atoms with Crippen LogP contribution in [-0.2, 0) is 0 Å². The molecule has 0 radical (unpaired) electrons. The van der Waals surface area contributed by atoms with Gasteiger partial charge in [-0.25, -0.2) is 9.97 Å². The number of nitrogens with zero attached hydrogens (tertiary/aromatic N) is 2. The topological polar surface area (TPSA) is 56.3 Å². The molecule has 148 valence electrons. The number of allylic oxidation sites excluding steroid dienone is 1. The SMILES string of the molecule is CCC/C=C/c1ccc(C(C)Nc2nc(C)nc3cc(OC)c(OC)cc23)s1. The van der Waals surface area contributed by atoms with Gasteiger partial charge in [-0.15, -0.1) is 11.3 Å². The van der Waals surface area contributed by atoms with E-state index in [0.29, 0.717) is 17.3 Å². The van der Waals surface area contributed by atoms with Crippen LogP contribution in [0.2, 0.25) is 0 Å². The number of benzene rings is 1. The van der Waals surface area contributed by atoms with Gasteiger partial charge < -0.3 is 14.8 Å². The van der Waals surface area contributed by atoms with E-state index >= 15 is 0 Å².